The van der Waals surface area contributed by atoms with E-state index in [-0.39, 0.29) is 11.7 Å². The van der Waals surface area contributed by atoms with Gasteiger partial charge in [0.05, 0.1) is 0 Å². The molecule has 1 aromatic rings. The van der Waals surface area contributed by atoms with Gasteiger partial charge in [0.2, 0.25) is 5.91 Å². The second-order valence-electron chi connectivity index (χ2n) is 5.24. The number of hydrogen-bond acceptors (Lipinski definition) is 2. The van der Waals surface area contributed by atoms with E-state index in [0.29, 0.717) is 6.42 Å². The summed E-state index contributed by atoms with van der Waals surface area (Å²) in [7, 11) is 0. The molecule has 3 nitrogen and oxygen atoms in total. The van der Waals surface area contributed by atoms with Gasteiger partial charge < -0.3 is 10.4 Å². The number of carbonyl (C=O) groups is 1. The number of benzene rings is 1. The monoisotopic (exact) mass is 247 g/mol. The van der Waals surface area contributed by atoms with Gasteiger partial charge in [-0.2, -0.15) is 0 Å². The Morgan fingerprint density at radius 2 is 2.11 bits per heavy atom. The Bertz CT molecular complexity index is 423. The van der Waals surface area contributed by atoms with Gasteiger partial charge in [-0.05, 0) is 43.0 Å². The second kappa shape index (κ2) is 5.89. The highest BCUT2D eigenvalue weighted by molar-refractivity contribution is 5.91. The Morgan fingerprint density at radius 3 is 2.78 bits per heavy atom. The number of amides is 1. The number of phenolic OH excluding ortho intramolecular Hbond substituents is 1. The van der Waals surface area contributed by atoms with Crippen molar-refractivity contribution >= 4 is 11.6 Å². The van der Waals surface area contributed by atoms with Gasteiger partial charge in [0.1, 0.15) is 5.75 Å². The molecule has 1 amide bonds. The van der Waals surface area contributed by atoms with Crippen molar-refractivity contribution in [2.45, 2.75) is 45.4 Å². The minimum atomic E-state index is 0.0793. The molecule has 0 bridgehead atoms. The van der Waals surface area contributed by atoms with E-state index in [1.165, 1.54) is 25.7 Å². The van der Waals surface area contributed by atoms with E-state index in [1.54, 1.807) is 18.2 Å². The molecule has 0 radical (unpaired) electrons. The van der Waals surface area contributed by atoms with E-state index in [9.17, 15) is 9.90 Å². The first-order chi connectivity index (χ1) is 8.65. The third kappa shape index (κ3) is 3.49. The van der Waals surface area contributed by atoms with Gasteiger partial charge in [0.15, 0.2) is 0 Å². The van der Waals surface area contributed by atoms with Crippen molar-refractivity contribution in [3.63, 3.8) is 0 Å². The topological polar surface area (TPSA) is 49.3 Å². The zero-order chi connectivity index (χ0) is 13.0. The van der Waals surface area contributed by atoms with Gasteiger partial charge in [-0.25, -0.2) is 0 Å². The fraction of sp³-hybridized carbons (Fsp3) is 0.533. The first-order valence-electron chi connectivity index (χ1n) is 6.74. The van der Waals surface area contributed by atoms with Crippen LogP contribution in [0.1, 0.15) is 44.1 Å². The molecule has 1 aliphatic carbocycles. The van der Waals surface area contributed by atoms with E-state index in [4.69, 9.17) is 0 Å². The van der Waals surface area contributed by atoms with Crippen LogP contribution >= 0.6 is 0 Å². The van der Waals surface area contributed by atoms with Gasteiger partial charge in [0.25, 0.3) is 0 Å². The molecule has 2 N–H and O–H groups in total. The van der Waals surface area contributed by atoms with Crippen molar-refractivity contribution in [1.29, 1.82) is 0 Å². The van der Waals surface area contributed by atoms with E-state index in [2.05, 4.69) is 5.32 Å². The van der Waals surface area contributed by atoms with Crippen LogP contribution in [0, 0.1) is 12.8 Å². The van der Waals surface area contributed by atoms with Gasteiger partial charge >= 0.3 is 0 Å². The number of carbonyl (C=O) groups excluding carboxylic acids is 1. The lowest BCUT2D eigenvalue weighted by Gasteiger charge is -2.11. The summed E-state index contributed by atoms with van der Waals surface area (Å²) >= 11 is 0. The number of hydrogen-bond donors (Lipinski definition) is 2. The van der Waals surface area contributed by atoms with Crippen LogP contribution in [0.4, 0.5) is 5.69 Å². The maximum atomic E-state index is 11.8. The fourth-order valence-electron chi connectivity index (χ4n) is 2.64. The number of anilines is 1. The van der Waals surface area contributed by atoms with E-state index in [1.807, 2.05) is 6.92 Å². The molecule has 98 valence electrons. The Morgan fingerprint density at radius 1 is 1.39 bits per heavy atom. The molecule has 2 rings (SSSR count). The summed E-state index contributed by atoms with van der Waals surface area (Å²) in [6.07, 6.45) is 6.82. The van der Waals surface area contributed by atoms with Crippen molar-refractivity contribution in [2.24, 2.45) is 5.92 Å². The first-order valence-corrected chi connectivity index (χ1v) is 6.74. The highest BCUT2D eigenvalue weighted by atomic mass is 16.3. The van der Waals surface area contributed by atoms with Crippen LogP contribution < -0.4 is 5.32 Å². The summed E-state index contributed by atoms with van der Waals surface area (Å²) in [5.74, 6) is 1.06. The summed E-state index contributed by atoms with van der Waals surface area (Å²) in [5.41, 5.74) is 1.69. The molecular formula is C15H21NO2. The smallest absolute Gasteiger partial charge is 0.224 e. The van der Waals surface area contributed by atoms with Crippen LogP contribution in [0.25, 0.3) is 0 Å². The molecule has 3 heteroatoms. The van der Waals surface area contributed by atoms with E-state index in [0.717, 1.165) is 23.6 Å². The molecule has 0 atom stereocenters. The third-order valence-electron chi connectivity index (χ3n) is 3.74. The Hall–Kier alpha value is -1.51. The predicted molar refractivity (Wildman–Crippen MR) is 72.7 cm³/mol. The summed E-state index contributed by atoms with van der Waals surface area (Å²) in [4.78, 5) is 11.8. The SMILES string of the molecule is Cc1cc(O)ccc1NC(=O)CCC1CCCC1. The van der Waals surface area contributed by atoms with Crippen LogP contribution in [0.3, 0.4) is 0 Å². The lowest BCUT2D eigenvalue weighted by molar-refractivity contribution is -0.116. The minimum Gasteiger partial charge on any atom is -0.508 e. The van der Waals surface area contributed by atoms with Gasteiger partial charge in [0, 0.05) is 12.1 Å². The zero-order valence-electron chi connectivity index (χ0n) is 10.9. The first kappa shape index (κ1) is 12.9. The molecule has 1 aliphatic rings. The van der Waals surface area contributed by atoms with Crippen molar-refractivity contribution in [3.05, 3.63) is 23.8 Å². The predicted octanol–water partition coefficient (Wildman–Crippen LogP) is 3.61. The van der Waals surface area contributed by atoms with E-state index >= 15 is 0 Å². The number of phenols is 1. The Labute approximate surface area is 108 Å². The number of aromatic hydroxyl groups is 1. The number of rotatable bonds is 4. The Kier molecular flexibility index (Phi) is 4.24. The largest absolute Gasteiger partial charge is 0.508 e. The van der Waals surface area contributed by atoms with Crippen LogP contribution in [-0.2, 0) is 4.79 Å². The maximum Gasteiger partial charge on any atom is 0.224 e. The standard InChI is InChI=1S/C15H21NO2/c1-11-10-13(17)7-8-14(11)16-15(18)9-6-12-4-2-3-5-12/h7-8,10,12,17H,2-6,9H2,1H3,(H,16,18). The van der Waals surface area contributed by atoms with Gasteiger partial charge in [-0.1, -0.05) is 25.7 Å². The summed E-state index contributed by atoms with van der Waals surface area (Å²) in [6.45, 7) is 1.88. The van der Waals surface area contributed by atoms with E-state index < -0.39 is 0 Å². The molecular weight excluding hydrogens is 226 g/mol. The number of aryl methyl sites for hydroxylation is 1. The molecule has 0 heterocycles. The summed E-state index contributed by atoms with van der Waals surface area (Å²) in [5, 5.41) is 12.2. The van der Waals surface area contributed by atoms with Crippen LogP contribution in [-0.4, -0.2) is 11.0 Å². The average Bonchev–Trinajstić information content (AvgIpc) is 2.83. The highest BCUT2D eigenvalue weighted by Crippen LogP contribution is 2.28. The molecule has 1 saturated carbocycles. The second-order valence-corrected chi connectivity index (χ2v) is 5.24. The third-order valence-corrected chi connectivity index (χ3v) is 3.74. The molecule has 0 unspecified atom stereocenters. The molecule has 1 fully saturated rings. The quantitative estimate of drug-likeness (QED) is 0.798. The van der Waals surface area contributed by atoms with Crippen molar-refractivity contribution in [3.8, 4) is 5.75 Å². The zero-order valence-corrected chi connectivity index (χ0v) is 10.9. The van der Waals surface area contributed by atoms with Crippen molar-refractivity contribution in [2.75, 3.05) is 5.32 Å². The summed E-state index contributed by atoms with van der Waals surface area (Å²) < 4.78 is 0. The van der Waals surface area contributed by atoms with Crippen LogP contribution in [0.2, 0.25) is 0 Å². The fourth-order valence-corrected chi connectivity index (χ4v) is 2.64. The van der Waals surface area contributed by atoms with Crippen molar-refractivity contribution in [1.82, 2.24) is 0 Å². The normalized spacial score (nSPS) is 15.8. The molecule has 0 saturated heterocycles. The van der Waals surface area contributed by atoms with Crippen molar-refractivity contribution < 1.29 is 9.90 Å². The molecule has 0 aromatic heterocycles. The lowest BCUT2D eigenvalue weighted by Crippen LogP contribution is -2.13. The molecule has 0 spiro atoms. The lowest BCUT2D eigenvalue weighted by atomic mass is 10.0. The average molecular weight is 247 g/mol. The maximum absolute atomic E-state index is 11.8. The van der Waals surface area contributed by atoms with Gasteiger partial charge in [-0.15, -0.1) is 0 Å². The van der Waals surface area contributed by atoms with Crippen LogP contribution in [0.15, 0.2) is 18.2 Å². The Balaban J connectivity index is 1.82. The highest BCUT2D eigenvalue weighted by Gasteiger charge is 2.16. The van der Waals surface area contributed by atoms with Gasteiger partial charge in [-0.3, -0.25) is 4.79 Å². The number of nitrogens with one attached hydrogen (secondary N) is 1. The minimum absolute atomic E-state index is 0.0793. The molecule has 0 aliphatic heterocycles. The molecule has 1 aromatic carbocycles. The molecule has 18 heavy (non-hydrogen) atoms. The summed E-state index contributed by atoms with van der Waals surface area (Å²) in [6, 6.07) is 5.00. The van der Waals surface area contributed by atoms with Crippen LogP contribution in [0.5, 0.6) is 5.75 Å².